The van der Waals surface area contributed by atoms with Crippen LogP contribution in [0.15, 0.2) is 59.5 Å². The van der Waals surface area contributed by atoms with Crippen molar-refractivity contribution in [2.24, 2.45) is 0 Å². The van der Waals surface area contributed by atoms with Crippen LogP contribution < -0.4 is 5.32 Å². The zero-order valence-corrected chi connectivity index (χ0v) is 10.8. The van der Waals surface area contributed by atoms with Crippen LogP contribution in [-0.2, 0) is 0 Å². The highest BCUT2D eigenvalue weighted by atomic mass is 19.1. The number of halogens is 1. The highest BCUT2D eigenvalue weighted by Gasteiger charge is 2.12. The first-order chi connectivity index (χ1) is 10.2. The second-order valence-electron chi connectivity index (χ2n) is 4.20. The Balaban J connectivity index is 1.90. The molecule has 3 rings (SSSR count). The molecule has 0 atom stereocenters. The van der Waals surface area contributed by atoms with Crippen molar-refractivity contribution >= 4 is 11.9 Å². The summed E-state index contributed by atoms with van der Waals surface area (Å²) in [5.74, 6) is -0.798. The third kappa shape index (κ3) is 2.79. The number of nitrogens with zero attached hydrogens (tertiary/aromatic N) is 2. The van der Waals surface area contributed by atoms with Gasteiger partial charge < -0.3 is 4.42 Å². The number of hydrogen-bond acceptors (Lipinski definition) is 4. The van der Waals surface area contributed by atoms with E-state index in [1.165, 1.54) is 36.9 Å². The summed E-state index contributed by atoms with van der Waals surface area (Å²) in [5, 5.41) is 2.49. The van der Waals surface area contributed by atoms with Gasteiger partial charge in [0.2, 0.25) is 0 Å². The Morgan fingerprint density at radius 1 is 1.14 bits per heavy atom. The van der Waals surface area contributed by atoms with E-state index in [4.69, 9.17) is 4.42 Å². The van der Waals surface area contributed by atoms with E-state index in [0.717, 1.165) is 0 Å². The number of benzene rings is 1. The van der Waals surface area contributed by atoms with Crippen molar-refractivity contribution in [3.05, 3.63) is 66.4 Å². The van der Waals surface area contributed by atoms with Crippen LogP contribution in [0.5, 0.6) is 0 Å². The summed E-state index contributed by atoms with van der Waals surface area (Å²) in [6.07, 6.45) is 4.23. The zero-order chi connectivity index (χ0) is 14.7. The molecule has 0 aliphatic heterocycles. The summed E-state index contributed by atoms with van der Waals surface area (Å²) < 4.78 is 18.7. The molecule has 0 aliphatic rings. The summed E-state index contributed by atoms with van der Waals surface area (Å²) in [6, 6.07) is 9.39. The molecule has 0 aliphatic carbocycles. The minimum atomic E-state index is -0.405. The molecule has 1 amide bonds. The van der Waals surface area contributed by atoms with Gasteiger partial charge in [-0.15, -0.1) is 0 Å². The Morgan fingerprint density at radius 2 is 2.00 bits per heavy atom. The molecule has 21 heavy (non-hydrogen) atoms. The second-order valence-corrected chi connectivity index (χ2v) is 4.20. The number of carbonyl (C=O) groups excluding carboxylic acids is 1. The summed E-state index contributed by atoms with van der Waals surface area (Å²) >= 11 is 0. The minimum Gasteiger partial charge on any atom is -0.432 e. The highest BCUT2D eigenvalue weighted by molar-refractivity contribution is 6.03. The lowest BCUT2D eigenvalue weighted by Gasteiger charge is -2.05. The van der Waals surface area contributed by atoms with Crippen LogP contribution in [0.1, 0.15) is 10.4 Å². The Kier molecular flexibility index (Phi) is 3.42. The first-order valence-electron chi connectivity index (χ1n) is 6.16. The molecule has 0 saturated heterocycles. The number of nitrogens with one attached hydrogen (secondary N) is 1. The molecule has 0 spiro atoms. The fraction of sp³-hybridized carbons (Fsp3) is 0. The molecule has 1 aromatic carbocycles. The molecule has 1 N–H and O–H groups in total. The Bertz CT molecular complexity index is 772. The van der Waals surface area contributed by atoms with Crippen LogP contribution in [0.3, 0.4) is 0 Å². The fourth-order valence-corrected chi connectivity index (χ4v) is 1.84. The Hall–Kier alpha value is -3.02. The van der Waals surface area contributed by atoms with Crippen molar-refractivity contribution in [2.45, 2.75) is 0 Å². The van der Waals surface area contributed by atoms with Crippen LogP contribution in [0.25, 0.3) is 11.3 Å². The lowest BCUT2D eigenvalue weighted by Crippen LogP contribution is -2.12. The summed E-state index contributed by atoms with van der Waals surface area (Å²) in [4.78, 5) is 19.9. The van der Waals surface area contributed by atoms with Gasteiger partial charge in [0.1, 0.15) is 12.1 Å². The molecular weight excluding hydrogens is 273 g/mol. The number of hydrogen-bond donors (Lipinski definition) is 1. The molecule has 104 valence electrons. The third-order valence-corrected chi connectivity index (χ3v) is 2.82. The van der Waals surface area contributed by atoms with Crippen molar-refractivity contribution in [2.75, 3.05) is 5.32 Å². The average molecular weight is 283 g/mol. The van der Waals surface area contributed by atoms with Crippen molar-refractivity contribution in [3.63, 3.8) is 0 Å². The molecule has 0 radical (unpaired) electrons. The Morgan fingerprint density at radius 3 is 2.76 bits per heavy atom. The van der Waals surface area contributed by atoms with Gasteiger partial charge >= 0.3 is 6.01 Å². The van der Waals surface area contributed by atoms with Gasteiger partial charge in [-0.2, -0.15) is 0 Å². The number of aromatic nitrogens is 2. The topological polar surface area (TPSA) is 68.0 Å². The SMILES string of the molecule is O=C(Nc1ncco1)c1ccnc(-c2ccccc2F)c1. The summed E-state index contributed by atoms with van der Waals surface area (Å²) in [6.45, 7) is 0. The zero-order valence-electron chi connectivity index (χ0n) is 10.8. The number of amides is 1. The van der Waals surface area contributed by atoms with Gasteiger partial charge in [0.25, 0.3) is 5.91 Å². The fourth-order valence-electron chi connectivity index (χ4n) is 1.84. The first-order valence-corrected chi connectivity index (χ1v) is 6.16. The van der Waals surface area contributed by atoms with Crippen LogP contribution in [-0.4, -0.2) is 15.9 Å². The minimum absolute atomic E-state index is 0.101. The van der Waals surface area contributed by atoms with Gasteiger partial charge in [-0.25, -0.2) is 9.37 Å². The number of oxazole rings is 1. The predicted molar refractivity (Wildman–Crippen MR) is 74.1 cm³/mol. The normalized spacial score (nSPS) is 10.3. The predicted octanol–water partition coefficient (Wildman–Crippen LogP) is 3.13. The second kappa shape index (κ2) is 5.54. The van der Waals surface area contributed by atoms with Crippen LogP contribution in [0.4, 0.5) is 10.4 Å². The van der Waals surface area contributed by atoms with Crippen molar-refractivity contribution < 1.29 is 13.6 Å². The highest BCUT2D eigenvalue weighted by Crippen LogP contribution is 2.21. The van der Waals surface area contributed by atoms with Gasteiger partial charge in [0.15, 0.2) is 0 Å². The lowest BCUT2D eigenvalue weighted by atomic mass is 10.1. The van der Waals surface area contributed by atoms with Gasteiger partial charge in [0.05, 0.1) is 11.9 Å². The van der Waals surface area contributed by atoms with Gasteiger partial charge in [-0.3, -0.25) is 15.1 Å². The van der Waals surface area contributed by atoms with E-state index in [-0.39, 0.29) is 6.01 Å². The van der Waals surface area contributed by atoms with E-state index >= 15 is 0 Å². The quantitative estimate of drug-likeness (QED) is 0.801. The molecular formula is C15H10FN3O2. The van der Waals surface area contributed by atoms with Gasteiger partial charge in [0, 0.05) is 17.3 Å². The van der Waals surface area contributed by atoms with Crippen LogP contribution >= 0.6 is 0 Å². The van der Waals surface area contributed by atoms with E-state index in [0.29, 0.717) is 16.8 Å². The molecule has 0 unspecified atom stereocenters. The maximum atomic E-state index is 13.7. The molecule has 3 aromatic rings. The molecule has 0 saturated carbocycles. The third-order valence-electron chi connectivity index (χ3n) is 2.82. The van der Waals surface area contributed by atoms with Crippen molar-refractivity contribution in [3.8, 4) is 11.3 Å². The summed E-state index contributed by atoms with van der Waals surface area (Å²) in [5.41, 5.74) is 1.05. The molecule has 2 heterocycles. The molecule has 0 bridgehead atoms. The van der Waals surface area contributed by atoms with E-state index in [2.05, 4.69) is 15.3 Å². The maximum Gasteiger partial charge on any atom is 0.301 e. The number of rotatable bonds is 3. The maximum absolute atomic E-state index is 13.7. The van der Waals surface area contributed by atoms with Crippen molar-refractivity contribution in [1.82, 2.24) is 9.97 Å². The van der Waals surface area contributed by atoms with Gasteiger partial charge in [-0.1, -0.05) is 12.1 Å². The first kappa shape index (κ1) is 13.0. The van der Waals surface area contributed by atoms with Crippen molar-refractivity contribution in [1.29, 1.82) is 0 Å². The number of pyridine rings is 1. The smallest absolute Gasteiger partial charge is 0.301 e. The standard InChI is InChI=1S/C15H10FN3O2/c16-12-4-2-1-3-11(12)13-9-10(5-6-17-13)14(20)19-15-18-7-8-21-15/h1-9H,(H,18,19,20). The van der Waals surface area contributed by atoms with E-state index in [1.807, 2.05) is 0 Å². The van der Waals surface area contributed by atoms with Crippen LogP contribution in [0.2, 0.25) is 0 Å². The molecule has 5 nitrogen and oxygen atoms in total. The monoisotopic (exact) mass is 283 g/mol. The largest absolute Gasteiger partial charge is 0.432 e. The Labute approximate surface area is 119 Å². The average Bonchev–Trinajstić information content (AvgIpc) is 3.01. The van der Waals surface area contributed by atoms with E-state index < -0.39 is 11.7 Å². The molecule has 0 fully saturated rings. The van der Waals surface area contributed by atoms with Crippen LogP contribution in [0, 0.1) is 5.82 Å². The molecule has 6 heteroatoms. The molecule has 2 aromatic heterocycles. The lowest BCUT2D eigenvalue weighted by molar-refractivity contribution is 0.102. The number of carbonyl (C=O) groups is 1. The number of anilines is 1. The summed E-state index contributed by atoms with van der Waals surface area (Å²) in [7, 11) is 0. The van der Waals surface area contributed by atoms with E-state index in [9.17, 15) is 9.18 Å². The van der Waals surface area contributed by atoms with Gasteiger partial charge in [-0.05, 0) is 24.3 Å². The van der Waals surface area contributed by atoms with E-state index in [1.54, 1.807) is 18.2 Å².